The fraction of sp³-hybridized carbons (Fsp3) is 0.933. The molecule has 116 valence electrons. The Bertz CT molecular complexity index is 294. The van der Waals surface area contributed by atoms with Gasteiger partial charge in [-0.3, -0.25) is 4.90 Å². The highest BCUT2D eigenvalue weighted by Gasteiger charge is 2.27. The molecule has 5 nitrogen and oxygen atoms in total. The Kier molecular flexibility index (Phi) is 6.10. The first-order valence-corrected chi connectivity index (χ1v) is 8.16. The van der Waals surface area contributed by atoms with Gasteiger partial charge in [0, 0.05) is 38.8 Å². The number of nitrogens with one attached hydrogen (secondary N) is 1. The zero-order valence-corrected chi connectivity index (χ0v) is 13.1. The number of likely N-dealkylation sites (tertiary alicyclic amines) is 1. The van der Waals surface area contributed by atoms with Crippen molar-refractivity contribution in [3.63, 3.8) is 0 Å². The van der Waals surface area contributed by atoms with Crippen molar-refractivity contribution in [1.82, 2.24) is 20.0 Å². The zero-order valence-electron chi connectivity index (χ0n) is 13.1. The predicted octanol–water partition coefficient (Wildman–Crippen LogP) is 1.21. The average Bonchev–Trinajstić information content (AvgIpc) is 2.48. The van der Waals surface area contributed by atoms with E-state index in [1.165, 1.54) is 25.9 Å². The van der Waals surface area contributed by atoms with Crippen molar-refractivity contribution in [1.29, 1.82) is 0 Å². The van der Waals surface area contributed by atoms with Gasteiger partial charge in [0.25, 0.3) is 0 Å². The van der Waals surface area contributed by atoms with Crippen molar-refractivity contribution < 1.29 is 4.79 Å². The van der Waals surface area contributed by atoms with Crippen molar-refractivity contribution in [2.75, 3.05) is 52.9 Å². The highest BCUT2D eigenvalue weighted by atomic mass is 16.2. The molecule has 2 aliphatic heterocycles. The van der Waals surface area contributed by atoms with E-state index in [1.807, 2.05) is 4.90 Å². The Morgan fingerprint density at radius 1 is 1.10 bits per heavy atom. The minimum atomic E-state index is 0.126. The molecule has 2 aliphatic rings. The zero-order chi connectivity index (χ0) is 14.4. The van der Waals surface area contributed by atoms with E-state index < -0.39 is 0 Å². The molecule has 0 radical (unpaired) electrons. The Hall–Kier alpha value is -0.810. The van der Waals surface area contributed by atoms with Gasteiger partial charge in [-0.05, 0) is 39.4 Å². The van der Waals surface area contributed by atoms with Crippen LogP contribution in [0.4, 0.5) is 4.79 Å². The fourth-order valence-electron chi connectivity index (χ4n) is 3.13. The van der Waals surface area contributed by atoms with E-state index in [0.717, 1.165) is 51.6 Å². The normalized spacial score (nSPS) is 23.0. The quantitative estimate of drug-likeness (QED) is 0.788. The van der Waals surface area contributed by atoms with Crippen LogP contribution in [0.2, 0.25) is 0 Å². The van der Waals surface area contributed by atoms with Crippen LogP contribution in [0.15, 0.2) is 0 Å². The van der Waals surface area contributed by atoms with E-state index in [9.17, 15) is 4.79 Å². The molecule has 2 heterocycles. The minimum Gasteiger partial charge on any atom is -0.338 e. The van der Waals surface area contributed by atoms with Crippen molar-refractivity contribution in [2.45, 2.75) is 38.6 Å². The molecule has 2 saturated heterocycles. The molecule has 5 heteroatoms. The number of carbonyl (C=O) groups is 1. The van der Waals surface area contributed by atoms with Gasteiger partial charge < -0.3 is 15.1 Å². The lowest BCUT2D eigenvalue weighted by Gasteiger charge is -2.42. The first-order chi connectivity index (χ1) is 9.70. The van der Waals surface area contributed by atoms with E-state index in [0.29, 0.717) is 0 Å². The maximum absolute atomic E-state index is 12.0. The molecule has 0 aromatic carbocycles. The summed E-state index contributed by atoms with van der Waals surface area (Å²) in [7, 11) is 2.20. The molecule has 0 aromatic heterocycles. The van der Waals surface area contributed by atoms with Gasteiger partial charge in [-0.15, -0.1) is 0 Å². The Morgan fingerprint density at radius 3 is 2.35 bits per heavy atom. The Balaban J connectivity index is 1.68. The van der Waals surface area contributed by atoms with Gasteiger partial charge in [0.1, 0.15) is 0 Å². The maximum Gasteiger partial charge on any atom is 0.317 e. The largest absolute Gasteiger partial charge is 0.338 e. The molecule has 1 N–H and O–H groups in total. The summed E-state index contributed by atoms with van der Waals surface area (Å²) in [6.07, 6.45) is 4.75. The van der Waals surface area contributed by atoms with E-state index in [1.54, 1.807) is 0 Å². The van der Waals surface area contributed by atoms with Crippen LogP contribution in [0, 0.1) is 0 Å². The number of urea groups is 1. The minimum absolute atomic E-state index is 0.126. The third kappa shape index (κ3) is 4.35. The number of rotatable bonds is 4. The second-order valence-corrected chi connectivity index (χ2v) is 6.14. The summed E-state index contributed by atoms with van der Waals surface area (Å²) in [6, 6.07) is 0.859. The van der Waals surface area contributed by atoms with Crippen LogP contribution in [0.25, 0.3) is 0 Å². The molecule has 2 fully saturated rings. The third-order valence-electron chi connectivity index (χ3n) is 4.61. The molecule has 0 bridgehead atoms. The number of unbranched alkanes of at least 4 members (excludes halogenated alkanes) is 1. The van der Waals surface area contributed by atoms with E-state index >= 15 is 0 Å². The highest BCUT2D eigenvalue weighted by molar-refractivity contribution is 5.74. The monoisotopic (exact) mass is 282 g/mol. The summed E-state index contributed by atoms with van der Waals surface area (Å²) in [5.41, 5.74) is 0. The lowest BCUT2D eigenvalue weighted by atomic mass is 10.0. The van der Waals surface area contributed by atoms with Gasteiger partial charge in [-0.1, -0.05) is 13.3 Å². The molecule has 0 aromatic rings. The van der Waals surface area contributed by atoms with Gasteiger partial charge in [-0.2, -0.15) is 0 Å². The van der Waals surface area contributed by atoms with Gasteiger partial charge in [0.2, 0.25) is 0 Å². The molecule has 0 atom stereocenters. The van der Waals surface area contributed by atoms with Crippen LogP contribution >= 0.6 is 0 Å². The molecule has 0 aliphatic carbocycles. The number of hydrogen-bond acceptors (Lipinski definition) is 3. The number of piperidine rings is 1. The first-order valence-electron chi connectivity index (χ1n) is 8.16. The van der Waals surface area contributed by atoms with Crippen LogP contribution < -0.4 is 5.32 Å². The maximum atomic E-state index is 12.0. The molecule has 2 rings (SSSR count). The van der Waals surface area contributed by atoms with Gasteiger partial charge >= 0.3 is 6.03 Å². The number of hydrogen-bond donors (Lipinski definition) is 1. The summed E-state index contributed by atoms with van der Waals surface area (Å²) in [5, 5.41) is 3.02. The predicted molar refractivity (Wildman–Crippen MR) is 82.0 cm³/mol. The fourth-order valence-corrected chi connectivity index (χ4v) is 3.13. The summed E-state index contributed by atoms with van der Waals surface area (Å²) in [6.45, 7) is 9.21. The SMILES string of the molecule is CCCCNC(=O)N1CCN(C2CCN(C)CC2)CC1. The summed E-state index contributed by atoms with van der Waals surface area (Å²) in [5.74, 6) is 0. The van der Waals surface area contributed by atoms with Crippen LogP contribution in [-0.2, 0) is 0 Å². The van der Waals surface area contributed by atoms with Gasteiger partial charge in [0.05, 0.1) is 0 Å². The topological polar surface area (TPSA) is 38.8 Å². The van der Waals surface area contributed by atoms with Crippen molar-refractivity contribution >= 4 is 6.03 Å². The summed E-state index contributed by atoms with van der Waals surface area (Å²) >= 11 is 0. The Morgan fingerprint density at radius 2 is 1.75 bits per heavy atom. The first kappa shape index (κ1) is 15.6. The molecular weight excluding hydrogens is 252 g/mol. The molecule has 0 unspecified atom stereocenters. The highest BCUT2D eigenvalue weighted by Crippen LogP contribution is 2.17. The van der Waals surface area contributed by atoms with Crippen molar-refractivity contribution in [3.05, 3.63) is 0 Å². The number of amides is 2. The number of piperazine rings is 1. The van der Waals surface area contributed by atoms with Crippen LogP contribution in [0.5, 0.6) is 0 Å². The lowest BCUT2D eigenvalue weighted by molar-refractivity contribution is 0.0749. The van der Waals surface area contributed by atoms with Gasteiger partial charge in [0.15, 0.2) is 0 Å². The van der Waals surface area contributed by atoms with E-state index in [4.69, 9.17) is 0 Å². The van der Waals surface area contributed by atoms with Crippen LogP contribution in [0.1, 0.15) is 32.6 Å². The second kappa shape index (κ2) is 7.84. The summed E-state index contributed by atoms with van der Waals surface area (Å²) < 4.78 is 0. The van der Waals surface area contributed by atoms with E-state index in [-0.39, 0.29) is 6.03 Å². The van der Waals surface area contributed by atoms with Gasteiger partial charge in [-0.25, -0.2) is 4.79 Å². The van der Waals surface area contributed by atoms with Crippen LogP contribution in [-0.4, -0.2) is 79.6 Å². The summed E-state index contributed by atoms with van der Waals surface area (Å²) in [4.78, 5) is 19.0. The smallest absolute Gasteiger partial charge is 0.317 e. The third-order valence-corrected chi connectivity index (χ3v) is 4.61. The average molecular weight is 282 g/mol. The molecular formula is C15H30N4O. The second-order valence-electron chi connectivity index (χ2n) is 6.14. The Labute approximate surface area is 123 Å². The standard InChI is InChI=1S/C15H30N4O/c1-3-4-7-16-15(20)19-12-10-18(11-13-19)14-5-8-17(2)9-6-14/h14H,3-13H2,1-2H3,(H,16,20). The number of carbonyl (C=O) groups excluding carboxylic acids is 1. The van der Waals surface area contributed by atoms with Crippen molar-refractivity contribution in [3.8, 4) is 0 Å². The molecule has 0 saturated carbocycles. The van der Waals surface area contributed by atoms with E-state index in [2.05, 4.69) is 29.1 Å². The molecule has 2 amide bonds. The van der Waals surface area contributed by atoms with Crippen molar-refractivity contribution in [2.24, 2.45) is 0 Å². The lowest BCUT2D eigenvalue weighted by Crippen LogP contribution is -2.55. The molecule has 20 heavy (non-hydrogen) atoms. The number of nitrogens with zero attached hydrogens (tertiary/aromatic N) is 3. The molecule has 0 spiro atoms. The van der Waals surface area contributed by atoms with Crippen LogP contribution in [0.3, 0.4) is 0 Å².